The topological polar surface area (TPSA) is 125 Å². The lowest BCUT2D eigenvalue weighted by atomic mass is 9.80. The van der Waals surface area contributed by atoms with Crippen LogP contribution in [0.15, 0.2) is 23.8 Å². The Balaban J connectivity index is 0.000000321. The molecule has 0 unspecified atom stereocenters. The van der Waals surface area contributed by atoms with Crippen molar-refractivity contribution in [3.05, 3.63) is 23.8 Å². The number of esters is 1. The summed E-state index contributed by atoms with van der Waals surface area (Å²) in [7, 11) is 0. The maximum Gasteiger partial charge on any atom is 0.328 e. The Morgan fingerprint density at radius 2 is 1.97 bits per heavy atom. The Morgan fingerprint density at radius 3 is 2.55 bits per heavy atom. The Morgan fingerprint density at radius 1 is 1.31 bits per heavy atom. The van der Waals surface area contributed by atoms with E-state index in [4.69, 9.17) is 19.7 Å². The van der Waals surface area contributed by atoms with Crippen molar-refractivity contribution < 1.29 is 34.1 Å². The first-order valence-electron chi connectivity index (χ1n) is 10.1. The number of ether oxygens (including phenoxy) is 2. The lowest BCUT2D eigenvalue weighted by molar-refractivity contribution is -0.144. The summed E-state index contributed by atoms with van der Waals surface area (Å²) in [5, 5.41) is 18.9. The van der Waals surface area contributed by atoms with Crippen LogP contribution >= 0.6 is 0 Å². The first kappa shape index (κ1) is 23.1. The summed E-state index contributed by atoms with van der Waals surface area (Å²) >= 11 is 0. The van der Waals surface area contributed by atoms with Crippen molar-refractivity contribution in [3.63, 3.8) is 0 Å². The molecule has 8 nitrogen and oxygen atoms in total. The van der Waals surface area contributed by atoms with E-state index in [0.29, 0.717) is 12.2 Å². The van der Waals surface area contributed by atoms with Crippen LogP contribution in [0.25, 0.3) is 0 Å². The summed E-state index contributed by atoms with van der Waals surface area (Å²) in [6.07, 6.45) is 7.67. The molecule has 0 amide bonds. The molecule has 5 atom stereocenters. The van der Waals surface area contributed by atoms with E-state index in [0.717, 1.165) is 38.8 Å². The van der Waals surface area contributed by atoms with Gasteiger partial charge in [0.1, 0.15) is 12.2 Å². The van der Waals surface area contributed by atoms with Crippen molar-refractivity contribution in [1.29, 1.82) is 0 Å². The highest BCUT2D eigenvalue weighted by Crippen LogP contribution is 2.50. The molecule has 1 aliphatic carbocycles. The van der Waals surface area contributed by atoms with E-state index < -0.39 is 11.9 Å². The van der Waals surface area contributed by atoms with E-state index in [1.165, 1.54) is 5.57 Å². The van der Waals surface area contributed by atoms with Crippen LogP contribution in [0.5, 0.6) is 0 Å². The van der Waals surface area contributed by atoms with E-state index in [1.54, 1.807) is 0 Å². The third-order valence-electron chi connectivity index (χ3n) is 5.72. The predicted octanol–water partition coefficient (Wildman–Crippen LogP) is 2.14. The fourth-order valence-corrected chi connectivity index (χ4v) is 4.01. The third kappa shape index (κ3) is 6.40. The van der Waals surface area contributed by atoms with Gasteiger partial charge in [-0.05, 0) is 46.1 Å². The van der Waals surface area contributed by atoms with Crippen LogP contribution in [0.2, 0.25) is 0 Å². The minimum atomic E-state index is -1.26. The number of carboxylic acid groups (broad SMARTS) is 2. The molecule has 8 heteroatoms. The summed E-state index contributed by atoms with van der Waals surface area (Å²) < 4.78 is 11.7. The summed E-state index contributed by atoms with van der Waals surface area (Å²) in [6, 6.07) is 0. The number of fused-ring (bicyclic) bond motifs is 3. The van der Waals surface area contributed by atoms with Crippen molar-refractivity contribution in [3.8, 4) is 0 Å². The number of aliphatic carboxylic acids is 2. The molecular weight excluding hydrogens is 378 g/mol. The van der Waals surface area contributed by atoms with Crippen molar-refractivity contribution in [2.24, 2.45) is 11.8 Å². The summed E-state index contributed by atoms with van der Waals surface area (Å²) in [4.78, 5) is 31.4. The van der Waals surface area contributed by atoms with E-state index >= 15 is 0 Å². The number of allylic oxidation sites excluding steroid dienone is 2. The number of hydrogen-bond donors (Lipinski definition) is 3. The number of epoxide rings is 1. The number of carbonyl (C=O) groups is 3. The second kappa shape index (κ2) is 10.0. The molecule has 0 saturated carbocycles. The quantitative estimate of drug-likeness (QED) is 0.273. The largest absolute Gasteiger partial charge is 0.478 e. The highest BCUT2D eigenvalue weighted by atomic mass is 16.6. The zero-order chi connectivity index (χ0) is 21.6. The summed E-state index contributed by atoms with van der Waals surface area (Å²) in [5.74, 6) is -2.29. The van der Waals surface area contributed by atoms with E-state index in [-0.39, 0.29) is 35.6 Å². The lowest BCUT2D eigenvalue weighted by Crippen LogP contribution is -2.34. The van der Waals surface area contributed by atoms with Gasteiger partial charge in [-0.1, -0.05) is 18.6 Å². The monoisotopic (exact) mass is 409 g/mol. The molecule has 162 valence electrons. The SMILES string of the molecule is CCNC[C@@H]1C(=O)O[C@H]2[C@H]1CC/C(C)=C/CC[C@@]1(C)O[C@@H]21.O=C(O)/C=C/C(=O)O. The maximum atomic E-state index is 12.3. The molecule has 2 saturated heterocycles. The Kier molecular flexibility index (Phi) is 7.98. The molecule has 3 N–H and O–H groups in total. The van der Waals surface area contributed by atoms with E-state index in [2.05, 4.69) is 32.2 Å². The molecule has 2 fully saturated rings. The highest BCUT2D eigenvalue weighted by molar-refractivity contribution is 5.89. The Labute approximate surface area is 170 Å². The number of rotatable bonds is 5. The zero-order valence-corrected chi connectivity index (χ0v) is 17.2. The van der Waals surface area contributed by atoms with Gasteiger partial charge in [0.05, 0.1) is 11.5 Å². The first-order valence-corrected chi connectivity index (χ1v) is 10.1. The van der Waals surface area contributed by atoms with Crippen LogP contribution in [0.3, 0.4) is 0 Å². The summed E-state index contributed by atoms with van der Waals surface area (Å²) in [5.41, 5.74) is 1.34. The molecule has 0 spiro atoms. The minimum absolute atomic E-state index is 0.0179. The second-order valence-corrected chi connectivity index (χ2v) is 7.97. The van der Waals surface area contributed by atoms with E-state index in [9.17, 15) is 14.4 Å². The van der Waals surface area contributed by atoms with Crippen LogP contribution in [0, 0.1) is 11.8 Å². The van der Waals surface area contributed by atoms with Gasteiger partial charge in [0.25, 0.3) is 0 Å². The lowest BCUT2D eigenvalue weighted by Gasteiger charge is -2.22. The fraction of sp³-hybridized carbons (Fsp3) is 0.667. The predicted molar refractivity (Wildman–Crippen MR) is 105 cm³/mol. The zero-order valence-electron chi connectivity index (χ0n) is 17.2. The van der Waals surface area contributed by atoms with Crippen LogP contribution < -0.4 is 5.32 Å². The standard InChI is InChI=1S/C17H27NO3.C4H4O4/c1-4-18-10-13-12-8-7-11(2)6-5-9-17(3)15(21-17)14(12)20-16(13)19;5-3(6)1-2-4(7)8/h6,12-15,18H,4-5,7-10H2,1-3H3;1-2H,(H,5,6)(H,7,8)/b11-6+;2-1+/t12-,13-,14-,15-,17+;/m0./s1. The van der Waals surface area contributed by atoms with Gasteiger partial charge in [-0.3, -0.25) is 4.79 Å². The van der Waals surface area contributed by atoms with Crippen LogP contribution in [0.4, 0.5) is 0 Å². The van der Waals surface area contributed by atoms with Crippen molar-refractivity contribution in [2.45, 2.75) is 64.3 Å². The molecule has 29 heavy (non-hydrogen) atoms. The fourth-order valence-electron chi connectivity index (χ4n) is 4.01. The van der Waals surface area contributed by atoms with Crippen molar-refractivity contribution >= 4 is 17.9 Å². The molecular formula is C21H31NO7. The van der Waals surface area contributed by atoms with Crippen LogP contribution in [-0.2, 0) is 23.9 Å². The van der Waals surface area contributed by atoms with Gasteiger partial charge in [0.15, 0.2) is 0 Å². The van der Waals surface area contributed by atoms with Gasteiger partial charge in [-0.2, -0.15) is 0 Å². The van der Waals surface area contributed by atoms with Gasteiger partial charge >= 0.3 is 17.9 Å². The number of nitrogens with one attached hydrogen (secondary N) is 1. The van der Waals surface area contributed by atoms with Gasteiger partial charge in [0, 0.05) is 24.6 Å². The smallest absolute Gasteiger partial charge is 0.328 e. The normalized spacial score (nSPS) is 35.3. The van der Waals surface area contributed by atoms with E-state index in [1.807, 2.05) is 0 Å². The number of hydrogen-bond acceptors (Lipinski definition) is 6. The molecule has 2 aliphatic heterocycles. The molecule has 0 radical (unpaired) electrons. The molecule has 0 aromatic heterocycles. The molecule has 0 aromatic carbocycles. The van der Waals surface area contributed by atoms with Gasteiger partial charge in [0.2, 0.25) is 0 Å². The average Bonchev–Trinajstić information content (AvgIpc) is 3.21. The first-order chi connectivity index (χ1) is 13.7. The third-order valence-corrected chi connectivity index (χ3v) is 5.72. The Hall–Kier alpha value is -2.19. The highest BCUT2D eigenvalue weighted by Gasteiger charge is 2.62. The molecule has 3 aliphatic rings. The van der Waals surface area contributed by atoms with Crippen molar-refractivity contribution in [1.82, 2.24) is 5.32 Å². The van der Waals surface area contributed by atoms with Crippen LogP contribution in [0.1, 0.15) is 46.5 Å². The maximum absolute atomic E-state index is 12.3. The van der Waals surface area contributed by atoms with Gasteiger partial charge in [-0.15, -0.1) is 0 Å². The van der Waals surface area contributed by atoms with Gasteiger partial charge in [-0.25, -0.2) is 9.59 Å². The van der Waals surface area contributed by atoms with Crippen LogP contribution in [-0.4, -0.2) is 59.0 Å². The second-order valence-electron chi connectivity index (χ2n) is 7.97. The van der Waals surface area contributed by atoms with Gasteiger partial charge < -0.3 is 25.0 Å². The number of carbonyl (C=O) groups excluding carboxylic acids is 1. The molecule has 0 aromatic rings. The van der Waals surface area contributed by atoms with Crippen molar-refractivity contribution in [2.75, 3.05) is 13.1 Å². The molecule has 2 heterocycles. The summed E-state index contributed by atoms with van der Waals surface area (Å²) in [6.45, 7) is 8.03. The average molecular weight is 409 g/mol. The molecule has 3 rings (SSSR count). The molecule has 0 bridgehead atoms. The Bertz CT molecular complexity index is 671. The number of carboxylic acids is 2. The minimum Gasteiger partial charge on any atom is -0.478 e.